The van der Waals surface area contributed by atoms with Gasteiger partial charge in [0.05, 0.1) is 5.56 Å². The molecule has 2 aromatic rings. The summed E-state index contributed by atoms with van der Waals surface area (Å²) in [6.07, 6.45) is 0.0545. The molecule has 0 heterocycles. The molecule has 0 fully saturated rings. The Morgan fingerprint density at radius 2 is 1.65 bits per heavy atom. The van der Waals surface area contributed by atoms with Gasteiger partial charge >= 0.3 is 0 Å². The number of allylic oxidation sites excluding steroid dienone is 1. The Labute approximate surface area is 132 Å². The highest BCUT2D eigenvalue weighted by atomic mass is 19.3. The molecule has 0 amide bonds. The van der Waals surface area contributed by atoms with E-state index < -0.39 is 11.9 Å². The summed E-state index contributed by atoms with van der Waals surface area (Å²) in [4.78, 5) is 0. The van der Waals surface area contributed by atoms with E-state index in [1.54, 1.807) is 24.3 Å². The van der Waals surface area contributed by atoms with Crippen LogP contribution in [0.5, 0.6) is 0 Å². The van der Waals surface area contributed by atoms with Crippen molar-refractivity contribution in [1.82, 2.24) is 0 Å². The van der Waals surface area contributed by atoms with Crippen molar-refractivity contribution in [3.05, 3.63) is 82.7 Å². The standard InChI is InChI=1S/C19H12F3N/c20-18-12-16(10-11-17(18)13-23)9-8-15-6-4-14(5-7-15)2-1-3-19(21)22/h3-7,10-12H,1-2H2. The highest BCUT2D eigenvalue weighted by Gasteiger charge is 2.00. The van der Waals surface area contributed by atoms with Crippen LogP contribution in [0.25, 0.3) is 0 Å². The van der Waals surface area contributed by atoms with Gasteiger partial charge in [0, 0.05) is 11.1 Å². The first kappa shape index (κ1) is 16.4. The van der Waals surface area contributed by atoms with Gasteiger partial charge in [-0.15, -0.1) is 0 Å². The molecule has 0 aliphatic rings. The van der Waals surface area contributed by atoms with Gasteiger partial charge in [0.1, 0.15) is 11.9 Å². The number of nitriles is 1. The first-order chi connectivity index (χ1) is 11.1. The zero-order valence-corrected chi connectivity index (χ0v) is 12.1. The molecule has 0 saturated heterocycles. The fourth-order valence-electron chi connectivity index (χ4n) is 1.93. The van der Waals surface area contributed by atoms with Gasteiger partial charge in [-0.25, -0.2) is 4.39 Å². The number of nitrogens with zero attached hydrogens (tertiary/aromatic N) is 1. The van der Waals surface area contributed by atoms with Crippen LogP contribution >= 0.6 is 0 Å². The lowest BCUT2D eigenvalue weighted by atomic mass is 10.1. The van der Waals surface area contributed by atoms with Gasteiger partial charge in [-0.2, -0.15) is 14.0 Å². The van der Waals surface area contributed by atoms with Crippen molar-refractivity contribution in [2.75, 3.05) is 0 Å². The van der Waals surface area contributed by atoms with Crippen molar-refractivity contribution in [2.45, 2.75) is 12.8 Å². The molecule has 0 unspecified atom stereocenters. The molecule has 0 aliphatic heterocycles. The first-order valence-corrected chi connectivity index (χ1v) is 6.90. The predicted molar refractivity (Wildman–Crippen MR) is 82.2 cm³/mol. The van der Waals surface area contributed by atoms with E-state index in [0.29, 0.717) is 12.0 Å². The molecule has 0 atom stereocenters. The number of rotatable bonds is 3. The first-order valence-electron chi connectivity index (χ1n) is 6.90. The van der Waals surface area contributed by atoms with E-state index in [2.05, 4.69) is 11.8 Å². The number of halogens is 3. The highest BCUT2D eigenvalue weighted by Crippen LogP contribution is 2.10. The molecule has 0 bridgehead atoms. The fraction of sp³-hybridized carbons (Fsp3) is 0.105. The number of aryl methyl sites for hydroxylation is 1. The molecule has 0 spiro atoms. The Balaban J connectivity index is 2.06. The molecule has 1 nitrogen and oxygen atoms in total. The van der Waals surface area contributed by atoms with E-state index in [4.69, 9.17) is 5.26 Å². The zero-order chi connectivity index (χ0) is 16.7. The van der Waals surface area contributed by atoms with Crippen molar-refractivity contribution in [1.29, 1.82) is 5.26 Å². The third-order valence-corrected chi connectivity index (χ3v) is 3.13. The van der Waals surface area contributed by atoms with Crippen LogP contribution in [0.3, 0.4) is 0 Å². The highest BCUT2D eigenvalue weighted by molar-refractivity contribution is 5.45. The van der Waals surface area contributed by atoms with E-state index in [0.717, 1.165) is 17.2 Å². The lowest BCUT2D eigenvalue weighted by molar-refractivity contribution is 0.417. The Kier molecular flexibility index (Phi) is 5.61. The fourth-order valence-corrected chi connectivity index (χ4v) is 1.93. The molecule has 4 heteroatoms. The van der Waals surface area contributed by atoms with Crippen LogP contribution in [0, 0.1) is 29.0 Å². The van der Waals surface area contributed by atoms with E-state index in [1.807, 2.05) is 12.1 Å². The Bertz CT molecular complexity index is 814. The SMILES string of the molecule is N#Cc1ccc(C#Cc2ccc(CCC=C(F)F)cc2)cc1F. The summed E-state index contributed by atoms with van der Waals surface area (Å²) in [5.74, 6) is 5.12. The maximum absolute atomic E-state index is 13.5. The second-order valence-corrected chi connectivity index (χ2v) is 4.79. The molecule has 114 valence electrons. The number of hydrogen-bond acceptors (Lipinski definition) is 1. The lowest BCUT2D eigenvalue weighted by Gasteiger charge is -1.98. The van der Waals surface area contributed by atoms with Gasteiger partial charge in [0.15, 0.2) is 0 Å². The molecule has 0 N–H and O–H groups in total. The van der Waals surface area contributed by atoms with Crippen LogP contribution in [-0.4, -0.2) is 0 Å². The smallest absolute Gasteiger partial charge is 0.206 e. The summed E-state index contributed by atoms with van der Waals surface area (Å²) >= 11 is 0. The largest absolute Gasteiger partial charge is 0.266 e. The average Bonchev–Trinajstić information content (AvgIpc) is 2.54. The summed E-state index contributed by atoms with van der Waals surface area (Å²) in [7, 11) is 0. The minimum absolute atomic E-state index is 0.0151. The summed E-state index contributed by atoms with van der Waals surface area (Å²) in [6.45, 7) is 0. The third kappa shape index (κ3) is 5.05. The van der Waals surface area contributed by atoms with Crippen LogP contribution in [0.15, 0.2) is 54.6 Å². The topological polar surface area (TPSA) is 23.8 Å². The lowest BCUT2D eigenvalue weighted by Crippen LogP contribution is -1.86. The second kappa shape index (κ2) is 7.87. The van der Waals surface area contributed by atoms with E-state index in [1.165, 1.54) is 12.1 Å². The molecular formula is C19H12F3N. The minimum atomic E-state index is -1.66. The van der Waals surface area contributed by atoms with Crippen LogP contribution in [-0.2, 0) is 6.42 Å². The Morgan fingerprint density at radius 1 is 1.00 bits per heavy atom. The van der Waals surface area contributed by atoms with Crippen molar-refractivity contribution >= 4 is 0 Å². The maximum Gasteiger partial charge on any atom is 0.266 e. The van der Waals surface area contributed by atoms with E-state index in [9.17, 15) is 13.2 Å². The Morgan fingerprint density at radius 3 is 2.26 bits per heavy atom. The van der Waals surface area contributed by atoms with Crippen LogP contribution in [0.4, 0.5) is 13.2 Å². The van der Waals surface area contributed by atoms with E-state index >= 15 is 0 Å². The maximum atomic E-state index is 13.5. The van der Waals surface area contributed by atoms with Crippen molar-refractivity contribution in [3.63, 3.8) is 0 Å². The van der Waals surface area contributed by atoms with Gasteiger partial charge in [-0.05, 0) is 54.8 Å². The van der Waals surface area contributed by atoms with Crippen molar-refractivity contribution in [3.8, 4) is 17.9 Å². The number of benzene rings is 2. The summed E-state index contributed by atoms with van der Waals surface area (Å²) in [5, 5.41) is 8.66. The normalized spacial score (nSPS) is 9.48. The molecule has 0 saturated carbocycles. The van der Waals surface area contributed by atoms with Gasteiger partial charge in [-0.3, -0.25) is 0 Å². The molecule has 2 aromatic carbocycles. The van der Waals surface area contributed by atoms with Crippen LogP contribution in [0.2, 0.25) is 0 Å². The predicted octanol–water partition coefficient (Wildman–Crippen LogP) is 4.81. The van der Waals surface area contributed by atoms with Crippen molar-refractivity contribution in [2.24, 2.45) is 0 Å². The van der Waals surface area contributed by atoms with Crippen molar-refractivity contribution < 1.29 is 13.2 Å². The van der Waals surface area contributed by atoms with Gasteiger partial charge < -0.3 is 0 Å². The van der Waals surface area contributed by atoms with Crippen LogP contribution < -0.4 is 0 Å². The molecule has 0 aromatic heterocycles. The molecule has 23 heavy (non-hydrogen) atoms. The van der Waals surface area contributed by atoms with Crippen LogP contribution in [0.1, 0.15) is 28.7 Å². The number of hydrogen-bond donors (Lipinski definition) is 0. The summed E-state index contributed by atoms with van der Waals surface area (Å²) in [6, 6.07) is 13.2. The molecular weight excluding hydrogens is 299 g/mol. The summed E-state index contributed by atoms with van der Waals surface area (Å²) in [5.41, 5.74) is 2.15. The van der Waals surface area contributed by atoms with Gasteiger partial charge in [0.25, 0.3) is 6.08 Å². The third-order valence-electron chi connectivity index (χ3n) is 3.13. The quantitative estimate of drug-likeness (QED) is 0.746. The molecule has 2 rings (SSSR count). The average molecular weight is 311 g/mol. The molecule has 0 radical (unpaired) electrons. The van der Waals surface area contributed by atoms with Gasteiger partial charge in [0.2, 0.25) is 0 Å². The zero-order valence-electron chi connectivity index (χ0n) is 12.1. The molecule has 0 aliphatic carbocycles. The minimum Gasteiger partial charge on any atom is -0.206 e. The Hall–Kier alpha value is -2.98. The monoisotopic (exact) mass is 311 g/mol. The van der Waals surface area contributed by atoms with E-state index in [-0.39, 0.29) is 12.0 Å². The second-order valence-electron chi connectivity index (χ2n) is 4.79. The van der Waals surface area contributed by atoms with Gasteiger partial charge in [-0.1, -0.05) is 24.0 Å². The summed E-state index contributed by atoms with van der Waals surface area (Å²) < 4.78 is 37.3.